The minimum atomic E-state index is -0.938. The lowest BCUT2D eigenvalue weighted by Gasteiger charge is -2.17. The van der Waals surface area contributed by atoms with Crippen molar-refractivity contribution in [2.75, 3.05) is 20.7 Å². The van der Waals surface area contributed by atoms with Crippen molar-refractivity contribution in [2.45, 2.75) is 51.2 Å². The molecule has 0 aromatic heterocycles. The van der Waals surface area contributed by atoms with Crippen LogP contribution in [0.3, 0.4) is 0 Å². The molecule has 5 N–H and O–H groups in total. The van der Waals surface area contributed by atoms with Gasteiger partial charge in [-0.15, -0.1) is 0 Å². The van der Waals surface area contributed by atoms with Crippen molar-refractivity contribution in [3.05, 3.63) is 35.4 Å². The van der Waals surface area contributed by atoms with Crippen molar-refractivity contribution in [1.82, 2.24) is 16.1 Å². The fourth-order valence-corrected chi connectivity index (χ4v) is 2.91. The molecule has 2 atom stereocenters. The summed E-state index contributed by atoms with van der Waals surface area (Å²) in [5, 5.41) is 23.8. The van der Waals surface area contributed by atoms with Crippen LogP contribution in [-0.2, 0) is 24.0 Å². The van der Waals surface area contributed by atoms with Crippen LogP contribution >= 0.6 is 0 Å². The monoisotopic (exact) mass is 463 g/mol. The molecular weight excluding hydrogens is 430 g/mol. The number of methoxy groups -OCH3 is 1. The molecule has 1 aliphatic heterocycles. The van der Waals surface area contributed by atoms with Gasteiger partial charge in [0.05, 0.1) is 19.2 Å². The van der Waals surface area contributed by atoms with Crippen LogP contribution in [0.1, 0.15) is 50.2 Å². The predicted octanol–water partition coefficient (Wildman–Crippen LogP) is 1.13. The second kappa shape index (κ2) is 15.5. The molecule has 2 unspecified atom stereocenters. The summed E-state index contributed by atoms with van der Waals surface area (Å²) in [5.41, 5.74) is 4.15. The maximum atomic E-state index is 12.3. The second-order valence-electron chi connectivity index (χ2n) is 7.21. The van der Waals surface area contributed by atoms with E-state index in [1.165, 1.54) is 20.4 Å². The zero-order valence-electron chi connectivity index (χ0n) is 19.2. The number of benzene rings is 1. The first kappa shape index (κ1) is 27.7. The largest absolute Gasteiger partial charge is 0.467 e. The summed E-state index contributed by atoms with van der Waals surface area (Å²) in [4.78, 5) is 41.4. The van der Waals surface area contributed by atoms with Gasteiger partial charge in [0.15, 0.2) is 0 Å². The summed E-state index contributed by atoms with van der Waals surface area (Å²) in [5.74, 6) is -1.18. The molecular formula is C22H33N5O6. The number of amides is 2. The molecule has 1 aromatic carbocycles. The predicted molar refractivity (Wildman–Crippen MR) is 122 cm³/mol. The van der Waals surface area contributed by atoms with E-state index in [4.69, 9.17) is 20.2 Å². The van der Waals surface area contributed by atoms with E-state index in [9.17, 15) is 14.4 Å². The molecule has 11 heteroatoms. The van der Waals surface area contributed by atoms with Crippen LogP contribution in [0.5, 0.6) is 0 Å². The van der Waals surface area contributed by atoms with Crippen molar-refractivity contribution < 1.29 is 29.2 Å². The van der Waals surface area contributed by atoms with Crippen LogP contribution < -0.4 is 16.1 Å². The Bertz CT molecular complexity index is 812. The zero-order valence-corrected chi connectivity index (χ0v) is 19.2. The first-order valence-corrected chi connectivity index (χ1v) is 10.7. The Morgan fingerprint density at radius 1 is 1.30 bits per heavy atom. The van der Waals surface area contributed by atoms with Crippen molar-refractivity contribution in [3.63, 3.8) is 0 Å². The topological polar surface area (TPSA) is 162 Å². The van der Waals surface area contributed by atoms with Gasteiger partial charge in [-0.05, 0) is 17.5 Å². The van der Waals surface area contributed by atoms with E-state index in [1.54, 1.807) is 5.48 Å². The molecule has 0 spiro atoms. The van der Waals surface area contributed by atoms with Crippen molar-refractivity contribution in [3.8, 4) is 0 Å². The molecule has 2 amide bonds. The summed E-state index contributed by atoms with van der Waals surface area (Å²) in [6.45, 7) is 1.91. The number of nitrogens with one attached hydrogen (secondary N) is 4. The number of nitrogens with zero attached hydrogens (tertiary/aromatic N) is 1. The second-order valence-corrected chi connectivity index (χ2v) is 7.21. The molecule has 2 rings (SSSR count). The number of hydrogen-bond acceptors (Lipinski definition) is 9. The van der Waals surface area contributed by atoms with E-state index < -0.39 is 18.1 Å². The Kier molecular flexibility index (Phi) is 13.0. The first-order chi connectivity index (χ1) is 15.9. The fourth-order valence-electron chi connectivity index (χ4n) is 2.91. The van der Waals surface area contributed by atoms with E-state index in [2.05, 4.69) is 15.8 Å². The van der Waals surface area contributed by atoms with Gasteiger partial charge in [0.25, 0.3) is 0 Å². The van der Waals surface area contributed by atoms with Crippen LogP contribution in [0, 0.1) is 5.41 Å². The Balaban J connectivity index is 0.00000172. The number of esters is 1. The lowest BCUT2D eigenvalue weighted by atomic mass is 10.0. The molecule has 0 bridgehead atoms. The summed E-state index contributed by atoms with van der Waals surface area (Å²) in [7, 11) is 2.66. The number of ether oxygens (including phenoxy) is 1. The Labute approximate surface area is 193 Å². The molecule has 0 fully saturated rings. The Hall–Kier alpha value is -3.31. The lowest BCUT2D eigenvalue weighted by molar-refractivity contribution is -0.145. The van der Waals surface area contributed by atoms with Gasteiger partial charge >= 0.3 is 5.97 Å². The van der Waals surface area contributed by atoms with Crippen LogP contribution in [0.25, 0.3) is 0 Å². The van der Waals surface area contributed by atoms with Gasteiger partial charge in [-0.3, -0.25) is 9.59 Å². The highest BCUT2D eigenvalue weighted by atomic mass is 16.6. The molecule has 0 radical (unpaired) electrons. The van der Waals surface area contributed by atoms with Gasteiger partial charge < -0.3 is 30.8 Å². The molecule has 11 nitrogen and oxygen atoms in total. The minimum absolute atomic E-state index is 0.0606. The van der Waals surface area contributed by atoms with E-state index in [1.807, 2.05) is 31.2 Å². The summed E-state index contributed by atoms with van der Waals surface area (Å²) < 4.78 is 4.70. The third-order valence-electron chi connectivity index (χ3n) is 4.64. The van der Waals surface area contributed by atoms with E-state index in [0.29, 0.717) is 12.8 Å². The Morgan fingerprint density at radius 2 is 1.97 bits per heavy atom. The SMILES string of the molecule is CCCCC(=O)NC(CNC(=O)CC1CC(c2ccc(C=N)cc2)=NO1)C(=O)OC.CNO. The van der Waals surface area contributed by atoms with Gasteiger partial charge in [-0.1, -0.05) is 42.8 Å². The normalized spacial score (nSPS) is 15.2. The number of unbranched alkanes of at least 4 members (excludes halogenated alkanes) is 1. The van der Waals surface area contributed by atoms with Crippen molar-refractivity contribution in [2.24, 2.45) is 5.16 Å². The average Bonchev–Trinajstić information content (AvgIpc) is 3.28. The van der Waals surface area contributed by atoms with Gasteiger partial charge in [-0.2, -0.15) is 0 Å². The first-order valence-electron chi connectivity index (χ1n) is 10.7. The van der Waals surface area contributed by atoms with Crippen LogP contribution in [0.4, 0.5) is 0 Å². The summed E-state index contributed by atoms with van der Waals surface area (Å²) in [6, 6.07) is 6.40. The fraction of sp³-hybridized carbons (Fsp3) is 0.500. The molecule has 0 saturated heterocycles. The molecule has 1 aliphatic rings. The molecule has 1 heterocycles. The standard InChI is InChI=1S/C21H28N4O5.CH5NO/c1-3-4-5-19(26)24-18(21(28)29-2)13-23-20(27)11-16-10-17(25-30-16)15-8-6-14(12-22)7-9-15;1-2-3/h6-9,12,16,18,22H,3-5,10-11,13H2,1-2H3,(H,23,27)(H,24,26);2-3H,1H3. The van der Waals surface area contributed by atoms with Crippen LogP contribution in [0.2, 0.25) is 0 Å². The van der Waals surface area contributed by atoms with Gasteiger partial charge in [0.1, 0.15) is 12.1 Å². The molecule has 0 saturated carbocycles. The minimum Gasteiger partial charge on any atom is -0.467 e. The molecule has 0 aliphatic carbocycles. The average molecular weight is 464 g/mol. The van der Waals surface area contributed by atoms with Crippen molar-refractivity contribution >= 4 is 29.7 Å². The quantitative estimate of drug-likeness (QED) is 0.187. The van der Waals surface area contributed by atoms with Crippen molar-refractivity contribution in [1.29, 1.82) is 5.41 Å². The highest BCUT2D eigenvalue weighted by molar-refractivity contribution is 6.02. The van der Waals surface area contributed by atoms with E-state index in [-0.39, 0.29) is 24.8 Å². The number of hydroxylamine groups is 1. The maximum Gasteiger partial charge on any atom is 0.330 e. The number of carbonyl (C=O) groups is 3. The van der Waals surface area contributed by atoms with E-state index in [0.717, 1.165) is 29.7 Å². The summed E-state index contributed by atoms with van der Waals surface area (Å²) >= 11 is 0. The summed E-state index contributed by atoms with van der Waals surface area (Å²) in [6.07, 6.45) is 3.31. The smallest absolute Gasteiger partial charge is 0.330 e. The lowest BCUT2D eigenvalue weighted by Crippen LogP contribution is -2.49. The number of rotatable bonds is 11. The number of oxime groups is 1. The van der Waals surface area contributed by atoms with E-state index >= 15 is 0 Å². The third kappa shape index (κ3) is 10.2. The van der Waals surface area contributed by atoms with Gasteiger partial charge in [0.2, 0.25) is 11.8 Å². The third-order valence-corrected chi connectivity index (χ3v) is 4.64. The maximum absolute atomic E-state index is 12.3. The molecule has 33 heavy (non-hydrogen) atoms. The van der Waals surface area contributed by atoms with Gasteiger partial charge in [0, 0.05) is 32.6 Å². The van der Waals surface area contributed by atoms with Crippen LogP contribution in [-0.4, -0.2) is 67.8 Å². The number of carbonyl (C=O) groups excluding carboxylic acids is 3. The highest BCUT2D eigenvalue weighted by Gasteiger charge is 2.26. The van der Waals surface area contributed by atoms with Gasteiger partial charge in [-0.25, -0.2) is 10.3 Å². The zero-order chi connectivity index (χ0) is 24.6. The highest BCUT2D eigenvalue weighted by Crippen LogP contribution is 2.19. The molecule has 1 aromatic rings. The number of hydrogen-bond donors (Lipinski definition) is 5. The molecule has 182 valence electrons. The van der Waals surface area contributed by atoms with Crippen LogP contribution in [0.15, 0.2) is 29.4 Å². The Morgan fingerprint density at radius 3 is 2.55 bits per heavy atom.